The number of benzene rings is 1. The maximum atomic E-state index is 6.02. The summed E-state index contributed by atoms with van der Waals surface area (Å²) in [5, 5.41) is 4.45. The molecule has 1 aliphatic heterocycles. The molecule has 3 heteroatoms. The molecule has 1 aromatic heterocycles. The molecule has 0 aliphatic carbocycles. The van der Waals surface area contributed by atoms with Crippen LogP contribution in [-0.4, -0.2) is 12.7 Å². The highest BCUT2D eigenvalue weighted by Crippen LogP contribution is 2.28. The van der Waals surface area contributed by atoms with Crippen LogP contribution in [0.4, 0.5) is 0 Å². The van der Waals surface area contributed by atoms with Gasteiger partial charge in [-0.2, -0.15) is 11.3 Å². The van der Waals surface area contributed by atoms with Crippen LogP contribution in [0.1, 0.15) is 68.8 Å². The van der Waals surface area contributed by atoms with Crippen LogP contribution in [0.25, 0.3) is 0 Å². The predicted molar refractivity (Wildman–Crippen MR) is 105 cm³/mol. The molecule has 0 N–H and O–H groups in total. The van der Waals surface area contributed by atoms with Gasteiger partial charge in [-0.3, -0.25) is 0 Å². The summed E-state index contributed by atoms with van der Waals surface area (Å²) in [5.41, 5.74) is 2.64. The smallest absolute Gasteiger partial charge is 0.184 e. The van der Waals surface area contributed by atoms with Crippen molar-refractivity contribution in [1.82, 2.24) is 0 Å². The summed E-state index contributed by atoms with van der Waals surface area (Å²) in [7, 11) is 0. The van der Waals surface area contributed by atoms with Crippen LogP contribution in [0.15, 0.2) is 47.2 Å². The molecule has 136 valence electrons. The lowest BCUT2D eigenvalue weighted by Gasteiger charge is -2.11. The predicted octanol–water partition coefficient (Wildman–Crippen LogP) is 6.53. The number of ether oxygens (including phenoxy) is 2. The van der Waals surface area contributed by atoms with Crippen molar-refractivity contribution in [3.8, 4) is 0 Å². The lowest BCUT2D eigenvalue weighted by atomic mass is 10.0. The minimum atomic E-state index is -0.158. The van der Waals surface area contributed by atoms with E-state index in [2.05, 4.69) is 29.0 Å². The number of unbranched alkanes of at least 4 members (excludes halogenated alkanes) is 6. The van der Waals surface area contributed by atoms with Crippen molar-refractivity contribution in [2.75, 3.05) is 6.61 Å². The molecule has 2 unspecified atom stereocenters. The monoisotopic (exact) mass is 358 g/mol. The third-order valence-electron chi connectivity index (χ3n) is 4.89. The number of rotatable bonds is 11. The molecule has 1 aromatic carbocycles. The summed E-state index contributed by atoms with van der Waals surface area (Å²) in [4.78, 5) is 0. The van der Waals surface area contributed by atoms with Crippen molar-refractivity contribution in [1.29, 1.82) is 0 Å². The maximum absolute atomic E-state index is 6.02. The molecular weight excluding hydrogens is 328 g/mol. The molecule has 2 aromatic rings. The number of aryl methyl sites for hydroxylation is 1. The standard InChI is InChI=1S/C22H30O2S/c1(2-4-7-11-19-15-16-25-18-19)3-5-10-14-21-17-23-22(24-21)20-12-8-6-9-13-20/h6,8-9,12-13,15-16,18,21-22H,1-5,7,10-11,14,17H2. The normalized spacial score (nSPS) is 20.2. The van der Waals surface area contributed by atoms with Gasteiger partial charge in [0.15, 0.2) is 6.29 Å². The Bertz CT molecular complexity index is 567. The summed E-state index contributed by atoms with van der Waals surface area (Å²) in [6.07, 6.45) is 11.9. The van der Waals surface area contributed by atoms with Gasteiger partial charge in [0.2, 0.25) is 0 Å². The molecular formula is C22H30O2S. The molecule has 0 saturated carbocycles. The zero-order valence-corrected chi connectivity index (χ0v) is 15.9. The Morgan fingerprint density at radius 1 is 0.880 bits per heavy atom. The van der Waals surface area contributed by atoms with Gasteiger partial charge in [-0.05, 0) is 41.7 Å². The van der Waals surface area contributed by atoms with Crippen LogP contribution < -0.4 is 0 Å². The molecule has 0 spiro atoms. The molecule has 2 heterocycles. The van der Waals surface area contributed by atoms with Crippen molar-refractivity contribution in [2.45, 2.75) is 70.2 Å². The highest BCUT2D eigenvalue weighted by Gasteiger charge is 2.26. The highest BCUT2D eigenvalue weighted by atomic mass is 32.1. The van der Waals surface area contributed by atoms with Gasteiger partial charge in [-0.1, -0.05) is 68.9 Å². The molecule has 25 heavy (non-hydrogen) atoms. The molecule has 0 radical (unpaired) electrons. The number of hydrogen-bond acceptors (Lipinski definition) is 3. The van der Waals surface area contributed by atoms with E-state index >= 15 is 0 Å². The van der Waals surface area contributed by atoms with Gasteiger partial charge in [0, 0.05) is 5.56 Å². The van der Waals surface area contributed by atoms with Crippen molar-refractivity contribution < 1.29 is 9.47 Å². The molecule has 0 bridgehead atoms. The third-order valence-corrected chi connectivity index (χ3v) is 5.62. The molecule has 2 atom stereocenters. The van der Waals surface area contributed by atoms with E-state index in [1.54, 1.807) is 11.3 Å². The first-order valence-corrected chi connectivity index (χ1v) is 10.7. The van der Waals surface area contributed by atoms with Gasteiger partial charge in [-0.15, -0.1) is 0 Å². The van der Waals surface area contributed by atoms with E-state index in [1.165, 1.54) is 56.9 Å². The fraction of sp³-hybridized carbons (Fsp3) is 0.545. The molecule has 2 nitrogen and oxygen atoms in total. The Morgan fingerprint density at radius 2 is 1.64 bits per heavy atom. The van der Waals surface area contributed by atoms with E-state index in [0.29, 0.717) is 0 Å². The second-order valence-electron chi connectivity index (χ2n) is 6.98. The van der Waals surface area contributed by atoms with Crippen LogP contribution in [0.2, 0.25) is 0 Å². The van der Waals surface area contributed by atoms with Gasteiger partial charge >= 0.3 is 0 Å². The average molecular weight is 359 g/mol. The highest BCUT2D eigenvalue weighted by molar-refractivity contribution is 7.07. The van der Waals surface area contributed by atoms with E-state index in [0.717, 1.165) is 18.6 Å². The SMILES string of the molecule is c1ccc(C2OCC(CCCCCCCCCc3ccsc3)O2)cc1. The Balaban J connectivity index is 1.16. The number of hydrogen-bond donors (Lipinski definition) is 0. The van der Waals surface area contributed by atoms with E-state index in [1.807, 2.05) is 18.2 Å². The first-order valence-electron chi connectivity index (χ1n) is 9.75. The van der Waals surface area contributed by atoms with Crippen molar-refractivity contribution >= 4 is 11.3 Å². The van der Waals surface area contributed by atoms with E-state index in [-0.39, 0.29) is 12.4 Å². The van der Waals surface area contributed by atoms with Crippen LogP contribution in [0.3, 0.4) is 0 Å². The van der Waals surface area contributed by atoms with Crippen LogP contribution in [0.5, 0.6) is 0 Å². The van der Waals surface area contributed by atoms with Crippen molar-refractivity contribution in [3.63, 3.8) is 0 Å². The summed E-state index contributed by atoms with van der Waals surface area (Å²) in [6.45, 7) is 0.738. The maximum Gasteiger partial charge on any atom is 0.184 e. The van der Waals surface area contributed by atoms with Crippen LogP contribution >= 0.6 is 11.3 Å². The quantitative estimate of drug-likeness (QED) is 0.425. The minimum Gasteiger partial charge on any atom is -0.346 e. The topological polar surface area (TPSA) is 18.5 Å². The van der Waals surface area contributed by atoms with Gasteiger partial charge in [0.05, 0.1) is 12.7 Å². The Hall–Kier alpha value is -1.16. The van der Waals surface area contributed by atoms with E-state index < -0.39 is 0 Å². The Kier molecular flexibility index (Phi) is 8.01. The summed E-state index contributed by atoms with van der Waals surface area (Å²) in [6, 6.07) is 12.5. The minimum absolute atomic E-state index is 0.158. The first kappa shape index (κ1) is 18.6. The van der Waals surface area contributed by atoms with Gasteiger partial charge < -0.3 is 9.47 Å². The van der Waals surface area contributed by atoms with Gasteiger partial charge in [0.25, 0.3) is 0 Å². The molecule has 0 amide bonds. The first-order chi connectivity index (χ1) is 12.4. The molecule has 1 fully saturated rings. The average Bonchev–Trinajstić information content (AvgIpc) is 3.33. The second kappa shape index (κ2) is 10.7. The third kappa shape index (κ3) is 6.58. The van der Waals surface area contributed by atoms with Crippen molar-refractivity contribution in [2.24, 2.45) is 0 Å². The largest absolute Gasteiger partial charge is 0.346 e. The zero-order valence-electron chi connectivity index (χ0n) is 15.1. The van der Waals surface area contributed by atoms with Gasteiger partial charge in [0.1, 0.15) is 0 Å². The second-order valence-corrected chi connectivity index (χ2v) is 7.76. The molecule has 1 saturated heterocycles. The lowest BCUT2D eigenvalue weighted by molar-refractivity contribution is -0.0613. The molecule has 3 rings (SSSR count). The van der Waals surface area contributed by atoms with Gasteiger partial charge in [-0.25, -0.2) is 0 Å². The Labute approximate surface area is 156 Å². The fourth-order valence-corrected chi connectivity index (χ4v) is 4.11. The Morgan fingerprint density at radius 3 is 2.40 bits per heavy atom. The fourth-order valence-electron chi connectivity index (χ4n) is 3.40. The van der Waals surface area contributed by atoms with Crippen LogP contribution in [-0.2, 0) is 15.9 Å². The molecule has 1 aliphatic rings. The van der Waals surface area contributed by atoms with Crippen molar-refractivity contribution in [3.05, 3.63) is 58.3 Å². The summed E-state index contributed by atoms with van der Waals surface area (Å²) >= 11 is 1.81. The summed E-state index contributed by atoms with van der Waals surface area (Å²) in [5.74, 6) is 0. The van der Waals surface area contributed by atoms with E-state index in [4.69, 9.17) is 9.47 Å². The van der Waals surface area contributed by atoms with Crippen LogP contribution in [0, 0.1) is 0 Å². The number of thiophene rings is 1. The van der Waals surface area contributed by atoms with E-state index in [9.17, 15) is 0 Å². The zero-order chi connectivity index (χ0) is 17.2. The summed E-state index contributed by atoms with van der Waals surface area (Å²) < 4.78 is 11.8. The lowest BCUT2D eigenvalue weighted by Crippen LogP contribution is -2.09.